The molecule has 0 aliphatic rings. The lowest BCUT2D eigenvalue weighted by atomic mass is 10.1. The van der Waals surface area contributed by atoms with Crippen LogP contribution in [0.2, 0.25) is 0 Å². The van der Waals surface area contributed by atoms with E-state index in [2.05, 4.69) is 20.8 Å². The van der Waals surface area contributed by atoms with Gasteiger partial charge in [0.25, 0.3) is 5.91 Å². The first kappa shape index (κ1) is 15.7. The first-order valence-corrected chi connectivity index (χ1v) is 7.56. The third-order valence-corrected chi connectivity index (χ3v) is 3.66. The molecule has 2 aromatic heterocycles. The van der Waals surface area contributed by atoms with Gasteiger partial charge in [0.1, 0.15) is 11.5 Å². The summed E-state index contributed by atoms with van der Waals surface area (Å²) in [6.45, 7) is 5.85. The molecule has 0 spiro atoms. The fourth-order valence-corrected chi connectivity index (χ4v) is 2.22. The Kier molecular flexibility index (Phi) is 4.29. The van der Waals surface area contributed by atoms with E-state index in [-0.39, 0.29) is 5.91 Å². The van der Waals surface area contributed by atoms with Crippen LogP contribution >= 0.6 is 0 Å². The number of carbonyl (C=O) groups excluding carboxylic acids is 1. The predicted octanol–water partition coefficient (Wildman–Crippen LogP) is 3.99. The minimum Gasteiger partial charge on any atom is -0.360 e. The van der Waals surface area contributed by atoms with Crippen molar-refractivity contribution in [1.29, 1.82) is 0 Å². The third kappa shape index (κ3) is 3.60. The van der Waals surface area contributed by atoms with Crippen molar-refractivity contribution in [3.8, 4) is 0 Å². The van der Waals surface area contributed by atoms with Gasteiger partial charge in [-0.15, -0.1) is 0 Å². The van der Waals surface area contributed by atoms with E-state index in [4.69, 9.17) is 4.52 Å². The van der Waals surface area contributed by atoms with Crippen LogP contribution in [0.3, 0.4) is 0 Å². The summed E-state index contributed by atoms with van der Waals surface area (Å²) in [5.41, 5.74) is 4.08. The number of hydrogen-bond donors (Lipinski definition) is 2. The second-order valence-corrected chi connectivity index (χ2v) is 5.63. The van der Waals surface area contributed by atoms with Crippen molar-refractivity contribution in [1.82, 2.24) is 10.1 Å². The Balaban J connectivity index is 1.75. The second kappa shape index (κ2) is 6.54. The summed E-state index contributed by atoms with van der Waals surface area (Å²) in [6, 6.07) is 11.0. The molecule has 0 aliphatic heterocycles. The first-order chi connectivity index (χ1) is 11.5. The maximum absolute atomic E-state index is 12.4. The molecule has 0 saturated heterocycles. The van der Waals surface area contributed by atoms with Crippen molar-refractivity contribution in [2.24, 2.45) is 0 Å². The van der Waals surface area contributed by atoms with Crippen LogP contribution in [0.1, 0.15) is 27.4 Å². The minimum absolute atomic E-state index is 0.266. The highest BCUT2D eigenvalue weighted by molar-refractivity contribution is 6.03. The minimum atomic E-state index is -0.266. The molecule has 0 atom stereocenters. The summed E-state index contributed by atoms with van der Waals surface area (Å²) in [5, 5.41) is 9.80. The Hall–Kier alpha value is -3.15. The van der Waals surface area contributed by atoms with Gasteiger partial charge in [-0.05, 0) is 56.2 Å². The fourth-order valence-electron chi connectivity index (χ4n) is 2.22. The summed E-state index contributed by atoms with van der Waals surface area (Å²) < 4.78 is 5.01. The average molecular weight is 322 g/mol. The van der Waals surface area contributed by atoms with E-state index in [1.165, 1.54) is 5.56 Å². The van der Waals surface area contributed by atoms with Gasteiger partial charge in [-0.25, -0.2) is 0 Å². The van der Waals surface area contributed by atoms with E-state index >= 15 is 0 Å². The van der Waals surface area contributed by atoms with E-state index < -0.39 is 0 Å². The van der Waals surface area contributed by atoms with Crippen LogP contribution in [0.4, 0.5) is 17.2 Å². The SMILES string of the molecule is Cc1cc(Nc2ccnc(C(=O)Nc3ccc(C)c(C)c3)c2)no1. The number of benzene rings is 1. The number of aryl methyl sites for hydroxylation is 3. The van der Waals surface area contributed by atoms with Crippen LogP contribution in [0.15, 0.2) is 47.1 Å². The van der Waals surface area contributed by atoms with E-state index in [0.717, 1.165) is 11.3 Å². The molecular formula is C18H18N4O2. The number of pyridine rings is 1. The van der Waals surface area contributed by atoms with Crippen LogP contribution in [0, 0.1) is 20.8 Å². The molecule has 1 aromatic carbocycles. The van der Waals surface area contributed by atoms with Crippen molar-refractivity contribution >= 4 is 23.1 Å². The maximum atomic E-state index is 12.4. The van der Waals surface area contributed by atoms with Crippen molar-refractivity contribution in [2.45, 2.75) is 20.8 Å². The van der Waals surface area contributed by atoms with Crippen LogP contribution in [0.25, 0.3) is 0 Å². The van der Waals surface area contributed by atoms with Crippen LogP contribution < -0.4 is 10.6 Å². The zero-order valence-corrected chi connectivity index (χ0v) is 13.8. The summed E-state index contributed by atoms with van der Waals surface area (Å²) in [7, 11) is 0. The zero-order chi connectivity index (χ0) is 17.1. The standard InChI is InChI=1S/C18H18N4O2/c1-11-4-5-14(8-12(11)2)21-18(23)16-10-15(6-7-19-16)20-17-9-13(3)24-22-17/h4-10H,1-3H3,(H,21,23)(H,19,20,22). The normalized spacial score (nSPS) is 10.5. The molecule has 24 heavy (non-hydrogen) atoms. The number of nitrogens with zero attached hydrogens (tertiary/aromatic N) is 2. The molecule has 0 aliphatic carbocycles. The predicted molar refractivity (Wildman–Crippen MR) is 92.6 cm³/mol. The third-order valence-electron chi connectivity index (χ3n) is 3.66. The van der Waals surface area contributed by atoms with Crippen molar-refractivity contribution in [2.75, 3.05) is 10.6 Å². The van der Waals surface area contributed by atoms with Gasteiger partial charge in [-0.2, -0.15) is 0 Å². The highest BCUT2D eigenvalue weighted by atomic mass is 16.5. The lowest BCUT2D eigenvalue weighted by Gasteiger charge is -2.08. The number of anilines is 3. The zero-order valence-electron chi connectivity index (χ0n) is 13.8. The van der Waals surface area contributed by atoms with Gasteiger partial charge in [-0.3, -0.25) is 9.78 Å². The lowest BCUT2D eigenvalue weighted by Crippen LogP contribution is -2.14. The highest BCUT2D eigenvalue weighted by Gasteiger charge is 2.10. The second-order valence-electron chi connectivity index (χ2n) is 5.63. The van der Waals surface area contributed by atoms with Crippen molar-refractivity contribution in [3.63, 3.8) is 0 Å². The molecule has 1 amide bonds. The molecule has 122 valence electrons. The monoisotopic (exact) mass is 322 g/mol. The molecule has 0 saturated carbocycles. The summed E-state index contributed by atoms with van der Waals surface area (Å²) in [5.74, 6) is 1.02. The van der Waals surface area contributed by atoms with E-state index in [1.54, 1.807) is 24.4 Å². The number of amides is 1. The highest BCUT2D eigenvalue weighted by Crippen LogP contribution is 2.18. The smallest absolute Gasteiger partial charge is 0.274 e. The Morgan fingerprint density at radius 2 is 1.83 bits per heavy atom. The molecule has 3 rings (SSSR count). The molecule has 0 bridgehead atoms. The van der Waals surface area contributed by atoms with Gasteiger partial charge in [0.05, 0.1) is 0 Å². The number of rotatable bonds is 4. The Bertz CT molecular complexity index is 886. The number of aromatic nitrogens is 2. The number of nitrogens with one attached hydrogen (secondary N) is 2. The lowest BCUT2D eigenvalue weighted by molar-refractivity contribution is 0.102. The number of hydrogen-bond acceptors (Lipinski definition) is 5. The molecule has 6 heteroatoms. The molecule has 0 radical (unpaired) electrons. The fraction of sp³-hybridized carbons (Fsp3) is 0.167. The van der Waals surface area contributed by atoms with E-state index in [9.17, 15) is 4.79 Å². The first-order valence-electron chi connectivity index (χ1n) is 7.56. The Morgan fingerprint density at radius 3 is 2.54 bits per heavy atom. The maximum Gasteiger partial charge on any atom is 0.274 e. The molecule has 2 heterocycles. The van der Waals surface area contributed by atoms with Crippen LogP contribution in [0.5, 0.6) is 0 Å². The van der Waals surface area contributed by atoms with Gasteiger partial charge in [-0.1, -0.05) is 11.2 Å². The van der Waals surface area contributed by atoms with Gasteiger partial charge in [0.2, 0.25) is 0 Å². The average Bonchev–Trinajstić information content (AvgIpc) is 2.96. The van der Waals surface area contributed by atoms with Gasteiger partial charge < -0.3 is 15.2 Å². The molecule has 0 unspecified atom stereocenters. The summed E-state index contributed by atoms with van der Waals surface area (Å²) in [4.78, 5) is 16.5. The topological polar surface area (TPSA) is 80.0 Å². The molecule has 2 N–H and O–H groups in total. The number of carbonyl (C=O) groups is 1. The van der Waals surface area contributed by atoms with Crippen LogP contribution in [-0.2, 0) is 0 Å². The Morgan fingerprint density at radius 1 is 1.00 bits per heavy atom. The molecular weight excluding hydrogens is 304 g/mol. The van der Waals surface area contributed by atoms with Gasteiger partial charge >= 0.3 is 0 Å². The van der Waals surface area contributed by atoms with E-state index in [1.807, 2.05) is 39.0 Å². The molecule has 6 nitrogen and oxygen atoms in total. The molecule has 3 aromatic rings. The van der Waals surface area contributed by atoms with E-state index in [0.29, 0.717) is 23.0 Å². The Labute approximate surface area is 139 Å². The van der Waals surface area contributed by atoms with Gasteiger partial charge in [0.15, 0.2) is 5.82 Å². The molecule has 0 fully saturated rings. The summed E-state index contributed by atoms with van der Waals surface area (Å²) in [6.07, 6.45) is 1.57. The quantitative estimate of drug-likeness (QED) is 0.759. The summed E-state index contributed by atoms with van der Waals surface area (Å²) >= 11 is 0. The van der Waals surface area contributed by atoms with Gasteiger partial charge in [0, 0.05) is 23.6 Å². The largest absolute Gasteiger partial charge is 0.360 e. The van der Waals surface area contributed by atoms with Crippen molar-refractivity contribution < 1.29 is 9.32 Å². The van der Waals surface area contributed by atoms with Crippen molar-refractivity contribution in [3.05, 3.63) is 65.2 Å². The van der Waals surface area contributed by atoms with Crippen LogP contribution in [-0.4, -0.2) is 16.0 Å².